The summed E-state index contributed by atoms with van der Waals surface area (Å²) in [7, 11) is -11.0. The van der Waals surface area contributed by atoms with E-state index in [1.54, 1.807) is 18.2 Å². The van der Waals surface area contributed by atoms with Crippen molar-refractivity contribution in [3.63, 3.8) is 0 Å². The largest absolute Gasteiger partial charge is 0.240 e. The predicted octanol–water partition coefficient (Wildman–Crippen LogP) is 0.347. The molecule has 142 valence electrons. The van der Waals surface area contributed by atoms with Gasteiger partial charge in [0.05, 0.1) is 14.7 Å². The minimum absolute atomic E-state index is 0.00655. The first kappa shape index (κ1) is 20.5. The van der Waals surface area contributed by atoms with E-state index in [-0.39, 0.29) is 27.8 Å². The van der Waals surface area contributed by atoms with Crippen LogP contribution in [-0.2, 0) is 29.9 Å². The zero-order valence-corrected chi connectivity index (χ0v) is 16.2. The summed E-state index contributed by atoms with van der Waals surface area (Å²) in [5.41, 5.74) is 0. The zero-order chi connectivity index (χ0) is 19.4. The normalized spacial score (nSPS) is 12.8. The van der Waals surface area contributed by atoms with Gasteiger partial charge in [0.2, 0.25) is 20.0 Å². The molecule has 11 heteroatoms. The molecule has 0 aliphatic heterocycles. The van der Waals surface area contributed by atoms with Crippen molar-refractivity contribution in [3.8, 4) is 0 Å². The molecule has 0 saturated carbocycles. The molecule has 0 bridgehead atoms. The van der Waals surface area contributed by atoms with E-state index in [0.29, 0.717) is 0 Å². The van der Waals surface area contributed by atoms with Gasteiger partial charge in [0.1, 0.15) is 0 Å². The monoisotopic (exact) mass is 418 g/mol. The molecule has 0 unspecified atom stereocenters. The van der Waals surface area contributed by atoms with Gasteiger partial charge in [-0.05, 0) is 36.4 Å². The van der Waals surface area contributed by atoms with Crippen LogP contribution in [0.1, 0.15) is 0 Å². The van der Waals surface area contributed by atoms with Gasteiger partial charge < -0.3 is 0 Å². The van der Waals surface area contributed by atoms with Crippen LogP contribution in [0, 0.1) is 0 Å². The molecule has 0 heterocycles. The fraction of sp³-hybridized carbons (Fsp3) is 0.200. The van der Waals surface area contributed by atoms with E-state index in [1.165, 1.54) is 36.4 Å². The van der Waals surface area contributed by atoms with Crippen molar-refractivity contribution >= 4 is 29.9 Å². The first-order chi connectivity index (χ1) is 12.0. The zero-order valence-electron chi connectivity index (χ0n) is 13.8. The third-order valence-electron chi connectivity index (χ3n) is 3.32. The van der Waals surface area contributed by atoms with Gasteiger partial charge in [0, 0.05) is 19.3 Å². The lowest BCUT2D eigenvalue weighted by Crippen LogP contribution is -2.34. The van der Waals surface area contributed by atoms with Crippen molar-refractivity contribution in [1.29, 1.82) is 0 Å². The average molecular weight is 419 g/mol. The highest BCUT2D eigenvalue weighted by Gasteiger charge is 2.16. The molecule has 0 atom stereocenters. The molecule has 2 aromatic rings. The van der Waals surface area contributed by atoms with E-state index < -0.39 is 29.9 Å². The summed E-state index contributed by atoms with van der Waals surface area (Å²) in [6.07, 6.45) is 1.02. The summed E-state index contributed by atoms with van der Waals surface area (Å²) in [4.78, 5) is -0.0258. The third kappa shape index (κ3) is 5.35. The molecule has 0 aromatic heterocycles. The Labute approximate surface area is 153 Å². The number of hydrogen-bond acceptors (Lipinski definition) is 6. The van der Waals surface area contributed by atoms with Crippen LogP contribution in [-0.4, -0.2) is 44.6 Å². The van der Waals surface area contributed by atoms with Crippen LogP contribution >= 0.6 is 0 Å². The lowest BCUT2D eigenvalue weighted by Gasteiger charge is -2.09. The SMILES string of the molecule is CS(=O)(=O)c1ccc(S(=O)(=O)NCCNS(=O)(=O)c2ccccc2)cc1. The fourth-order valence-electron chi connectivity index (χ4n) is 2.00. The molecular formula is C15H18N2O6S3. The minimum atomic E-state index is -3.88. The smallest absolute Gasteiger partial charge is 0.224 e. The number of hydrogen-bond donors (Lipinski definition) is 2. The number of sulfonamides is 2. The fourth-order valence-corrected chi connectivity index (χ4v) is 4.72. The van der Waals surface area contributed by atoms with Crippen LogP contribution in [0.5, 0.6) is 0 Å². The maximum Gasteiger partial charge on any atom is 0.240 e. The van der Waals surface area contributed by atoms with Gasteiger partial charge in [-0.1, -0.05) is 18.2 Å². The second kappa shape index (κ2) is 7.84. The Bertz CT molecular complexity index is 1060. The summed E-state index contributed by atoms with van der Waals surface area (Å²) in [6, 6.07) is 12.4. The average Bonchev–Trinajstić information content (AvgIpc) is 2.59. The first-order valence-corrected chi connectivity index (χ1v) is 12.2. The molecule has 0 amide bonds. The molecule has 2 rings (SSSR count). The van der Waals surface area contributed by atoms with E-state index in [1.807, 2.05) is 0 Å². The van der Waals surface area contributed by atoms with Crippen molar-refractivity contribution in [3.05, 3.63) is 54.6 Å². The highest BCUT2D eigenvalue weighted by molar-refractivity contribution is 7.91. The minimum Gasteiger partial charge on any atom is -0.224 e. The van der Waals surface area contributed by atoms with Crippen LogP contribution in [0.25, 0.3) is 0 Å². The van der Waals surface area contributed by atoms with E-state index in [0.717, 1.165) is 6.26 Å². The van der Waals surface area contributed by atoms with Crippen LogP contribution in [0.15, 0.2) is 69.3 Å². The number of benzene rings is 2. The number of rotatable bonds is 8. The Morgan fingerprint density at radius 1 is 0.615 bits per heavy atom. The molecule has 0 spiro atoms. The molecule has 2 aromatic carbocycles. The van der Waals surface area contributed by atoms with Gasteiger partial charge in [-0.2, -0.15) is 0 Å². The Morgan fingerprint density at radius 3 is 1.42 bits per heavy atom. The highest BCUT2D eigenvalue weighted by Crippen LogP contribution is 2.14. The van der Waals surface area contributed by atoms with Crippen molar-refractivity contribution in [2.75, 3.05) is 19.3 Å². The molecule has 0 radical (unpaired) electrons. The number of sulfone groups is 1. The molecule has 2 N–H and O–H groups in total. The van der Waals surface area contributed by atoms with E-state index in [4.69, 9.17) is 0 Å². The van der Waals surface area contributed by atoms with E-state index in [2.05, 4.69) is 9.44 Å². The molecular weight excluding hydrogens is 400 g/mol. The molecule has 8 nitrogen and oxygen atoms in total. The van der Waals surface area contributed by atoms with Gasteiger partial charge in [-0.25, -0.2) is 34.7 Å². The molecule has 0 saturated heterocycles. The van der Waals surface area contributed by atoms with Gasteiger partial charge in [-0.15, -0.1) is 0 Å². The van der Waals surface area contributed by atoms with Crippen LogP contribution in [0.3, 0.4) is 0 Å². The van der Waals surface area contributed by atoms with Gasteiger partial charge in [-0.3, -0.25) is 0 Å². The van der Waals surface area contributed by atoms with E-state index >= 15 is 0 Å². The topological polar surface area (TPSA) is 126 Å². The lowest BCUT2D eigenvalue weighted by atomic mass is 10.4. The van der Waals surface area contributed by atoms with Crippen molar-refractivity contribution in [2.45, 2.75) is 14.7 Å². The summed E-state index contributed by atoms with van der Waals surface area (Å²) in [6.45, 7) is -0.305. The van der Waals surface area contributed by atoms with Crippen molar-refractivity contribution in [1.82, 2.24) is 9.44 Å². The molecule has 0 aliphatic rings. The third-order valence-corrected chi connectivity index (χ3v) is 7.41. The Kier molecular flexibility index (Phi) is 6.19. The van der Waals surface area contributed by atoms with Gasteiger partial charge in [0.25, 0.3) is 0 Å². The molecule has 0 fully saturated rings. The Balaban J connectivity index is 1.96. The van der Waals surface area contributed by atoms with Crippen molar-refractivity contribution in [2.24, 2.45) is 0 Å². The number of nitrogens with one attached hydrogen (secondary N) is 2. The van der Waals surface area contributed by atoms with Crippen LogP contribution in [0.2, 0.25) is 0 Å². The summed E-state index contributed by atoms with van der Waals surface area (Å²) < 4.78 is 75.6. The Morgan fingerprint density at radius 2 is 1.00 bits per heavy atom. The molecule has 26 heavy (non-hydrogen) atoms. The second-order valence-corrected chi connectivity index (χ2v) is 10.9. The first-order valence-electron chi connectivity index (χ1n) is 7.37. The van der Waals surface area contributed by atoms with Gasteiger partial charge >= 0.3 is 0 Å². The maximum atomic E-state index is 12.1. The molecule has 0 aliphatic carbocycles. The van der Waals surface area contributed by atoms with Gasteiger partial charge in [0.15, 0.2) is 9.84 Å². The highest BCUT2D eigenvalue weighted by atomic mass is 32.2. The van der Waals surface area contributed by atoms with Crippen LogP contribution in [0.4, 0.5) is 0 Å². The van der Waals surface area contributed by atoms with Crippen molar-refractivity contribution < 1.29 is 25.3 Å². The summed E-state index contributed by atoms with van der Waals surface area (Å²) >= 11 is 0. The summed E-state index contributed by atoms with van der Waals surface area (Å²) in [5, 5.41) is 0. The maximum absolute atomic E-state index is 12.1. The standard InChI is InChI=1S/C15H18N2O6S3/c1-24(18,19)13-7-9-15(10-8-13)26(22,23)17-12-11-16-25(20,21)14-5-3-2-4-6-14/h2-10,16-17H,11-12H2,1H3. The Hall–Kier alpha value is -1.79. The summed E-state index contributed by atoms with van der Waals surface area (Å²) in [5.74, 6) is 0. The second-order valence-electron chi connectivity index (χ2n) is 5.35. The lowest BCUT2D eigenvalue weighted by molar-refractivity contribution is 0.570. The quantitative estimate of drug-likeness (QED) is 0.596. The van der Waals surface area contributed by atoms with Crippen LogP contribution < -0.4 is 9.44 Å². The van der Waals surface area contributed by atoms with E-state index in [9.17, 15) is 25.3 Å². The predicted molar refractivity (Wildman–Crippen MR) is 96.4 cm³/mol.